The number of nitrogens with one attached hydrogen (secondary N) is 2. The smallest absolute Gasteiger partial charge is 0.269 e. The fourth-order valence-corrected chi connectivity index (χ4v) is 2.85. The highest BCUT2D eigenvalue weighted by atomic mass is 16.6. The summed E-state index contributed by atoms with van der Waals surface area (Å²) in [4.78, 5) is 48.0. The van der Waals surface area contributed by atoms with Crippen LogP contribution in [-0.2, 0) is 0 Å². The molecule has 3 heterocycles. The molecule has 0 aliphatic carbocycles. The molecule has 0 saturated heterocycles. The molecule has 0 unspecified atom stereocenters. The number of hydrogen-bond acceptors (Lipinski definition) is 7. The maximum absolute atomic E-state index is 12.3. The lowest BCUT2D eigenvalue weighted by molar-refractivity contribution is -0.384. The van der Waals surface area contributed by atoms with E-state index in [2.05, 4.69) is 19.9 Å². The second-order valence-electron chi connectivity index (χ2n) is 5.29. The SMILES string of the molecule is O=c1[nH]cnc2c1C(c1cccc([N+](=O)[O-])c1)c1c(nc[nH]c1=O)O2. The number of nitro benzene ring substituents is 1. The maximum Gasteiger partial charge on any atom is 0.269 e. The van der Waals surface area contributed by atoms with E-state index in [1.807, 2.05) is 0 Å². The molecule has 0 spiro atoms. The van der Waals surface area contributed by atoms with Gasteiger partial charge in [0.1, 0.15) is 0 Å². The Bertz CT molecular complexity index is 1060. The van der Waals surface area contributed by atoms with E-state index in [0.717, 1.165) is 0 Å². The number of H-pyrrole nitrogens is 2. The van der Waals surface area contributed by atoms with Crippen molar-refractivity contribution in [1.82, 2.24) is 19.9 Å². The Morgan fingerprint density at radius 2 is 1.64 bits per heavy atom. The van der Waals surface area contributed by atoms with Crippen LogP contribution < -0.4 is 15.9 Å². The number of ether oxygens (including phenoxy) is 1. The van der Waals surface area contributed by atoms with Crippen LogP contribution in [0.4, 0.5) is 5.69 Å². The van der Waals surface area contributed by atoms with Gasteiger partial charge >= 0.3 is 0 Å². The van der Waals surface area contributed by atoms with Gasteiger partial charge < -0.3 is 14.7 Å². The topological polar surface area (TPSA) is 144 Å². The van der Waals surface area contributed by atoms with Crippen molar-refractivity contribution in [2.45, 2.75) is 5.92 Å². The third kappa shape index (κ3) is 2.27. The van der Waals surface area contributed by atoms with E-state index in [9.17, 15) is 19.7 Å². The van der Waals surface area contributed by atoms with Crippen molar-refractivity contribution < 1.29 is 9.66 Å². The maximum atomic E-state index is 12.3. The highest BCUT2D eigenvalue weighted by Crippen LogP contribution is 2.42. The van der Waals surface area contributed by atoms with E-state index in [-0.39, 0.29) is 28.6 Å². The minimum absolute atomic E-state index is 0.00542. The van der Waals surface area contributed by atoms with Crippen LogP contribution in [0.15, 0.2) is 46.5 Å². The van der Waals surface area contributed by atoms with Crippen molar-refractivity contribution in [2.75, 3.05) is 0 Å². The first-order valence-electron chi connectivity index (χ1n) is 7.13. The van der Waals surface area contributed by atoms with Gasteiger partial charge in [-0.05, 0) is 5.56 Å². The first-order valence-corrected chi connectivity index (χ1v) is 7.13. The standard InChI is InChI=1S/C15H9N5O5/c21-12-10-9(7-2-1-3-8(4-7)20(23)24)11-13(22)17-6-19-15(11)25-14(10)18-5-16-12/h1-6,9H,(H,16,18,21)(H,17,19,22). The normalized spacial score (nSPS) is 12.8. The Hall–Kier alpha value is -3.82. The number of benzene rings is 1. The zero-order chi connectivity index (χ0) is 17.6. The first-order chi connectivity index (χ1) is 12.1. The fraction of sp³-hybridized carbons (Fsp3) is 0.0667. The number of aromatic nitrogens is 4. The van der Waals surface area contributed by atoms with E-state index < -0.39 is 22.0 Å². The van der Waals surface area contributed by atoms with Crippen LogP contribution in [-0.4, -0.2) is 24.9 Å². The molecule has 1 aliphatic rings. The number of nitrogens with zero attached hydrogens (tertiary/aromatic N) is 3. The summed E-state index contributed by atoms with van der Waals surface area (Å²) >= 11 is 0. The number of fused-ring (bicyclic) bond motifs is 2. The molecule has 10 nitrogen and oxygen atoms in total. The van der Waals surface area contributed by atoms with E-state index in [0.29, 0.717) is 5.56 Å². The van der Waals surface area contributed by atoms with Crippen molar-refractivity contribution in [3.8, 4) is 11.8 Å². The van der Waals surface area contributed by atoms with E-state index in [4.69, 9.17) is 4.74 Å². The lowest BCUT2D eigenvalue weighted by Gasteiger charge is -2.24. The molecule has 3 aromatic rings. The number of hydrogen-bond donors (Lipinski definition) is 2. The highest BCUT2D eigenvalue weighted by molar-refractivity contribution is 5.54. The van der Waals surface area contributed by atoms with Crippen LogP contribution in [0.5, 0.6) is 11.8 Å². The third-order valence-electron chi connectivity index (χ3n) is 3.89. The Labute approximate surface area is 138 Å². The number of non-ortho nitro benzene ring substituents is 1. The second-order valence-corrected chi connectivity index (χ2v) is 5.29. The lowest BCUT2D eigenvalue weighted by Crippen LogP contribution is -2.29. The van der Waals surface area contributed by atoms with E-state index in [1.54, 1.807) is 6.07 Å². The van der Waals surface area contributed by atoms with E-state index >= 15 is 0 Å². The molecule has 0 saturated carbocycles. The first kappa shape index (κ1) is 14.8. The number of aromatic amines is 2. The molecule has 124 valence electrons. The van der Waals surface area contributed by atoms with Crippen molar-refractivity contribution >= 4 is 5.69 Å². The van der Waals surface area contributed by atoms with Crippen molar-refractivity contribution in [1.29, 1.82) is 0 Å². The summed E-state index contributed by atoms with van der Waals surface area (Å²) in [6.45, 7) is 0. The molecule has 1 aromatic carbocycles. The minimum atomic E-state index is -0.895. The number of nitro groups is 1. The largest absolute Gasteiger partial charge is 0.419 e. The highest BCUT2D eigenvalue weighted by Gasteiger charge is 2.36. The van der Waals surface area contributed by atoms with Gasteiger partial charge in [-0.2, -0.15) is 0 Å². The average Bonchev–Trinajstić information content (AvgIpc) is 2.60. The lowest BCUT2D eigenvalue weighted by atomic mass is 9.85. The molecule has 0 amide bonds. The molecule has 0 bridgehead atoms. The van der Waals surface area contributed by atoms with Crippen molar-refractivity contribution in [3.63, 3.8) is 0 Å². The molecule has 0 atom stereocenters. The summed E-state index contributed by atoms with van der Waals surface area (Å²) in [5.74, 6) is -0.884. The Balaban J connectivity index is 2.05. The van der Waals surface area contributed by atoms with Gasteiger partial charge in [0.05, 0.1) is 34.6 Å². The predicted octanol–water partition coefficient (Wildman–Crippen LogP) is 1.05. The van der Waals surface area contributed by atoms with Gasteiger partial charge in [0.2, 0.25) is 11.8 Å². The molecule has 25 heavy (non-hydrogen) atoms. The second kappa shape index (κ2) is 5.37. The summed E-state index contributed by atoms with van der Waals surface area (Å²) in [6.07, 6.45) is 2.34. The summed E-state index contributed by atoms with van der Waals surface area (Å²) in [7, 11) is 0. The third-order valence-corrected chi connectivity index (χ3v) is 3.89. The van der Waals surface area contributed by atoms with E-state index in [1.165, 1.54) is 30.9 Å². The zero-order valence-corrected chi connectivity index (χ0v) is 12.4. The molecule has 2 N–H and O–H groups in total. The minimum Gasteiger partial charge on any atom is -0.419 e. The molecule has 4 rings (SSSR count). The molecular formula is C15H9N5O5. The summed E-state index contributed by atoms with van der Waals surface area (Å²) in [6, 6.07) is 5.71. The Kier molecular flexibility index (Phi) is 3.17. The summed E-state index contributed by atoms with van der Waals surface area (Å²) < 4.78 is 5.47. The van der Waals surface area contributed by atoms with Crippen molar-refractivity contribution in [2.24, 2.45) is 0 Å². The van der Waals surface area contributed by atoms with Crippen LogP contribution in [0.2, 0.25) is 0 Å². The molecule has 2 aromatic heterocycles. The molecule has 0 radical (unpaired) electrons. The van der Waals surface area contributed by atoms with Crippen LogP contribution in [0.25, 0.3) is 0 Å². The fourth-order valence-electron chi connectivity index (χ4n) is 2.85. The van der Waals surface area contributed by atoms with Crippen molar-refractivity contribution in [3.05, 3.63) is 84.4 Å². The van der Waals surface area contributed by atoms with Crippen LogP contribution in [0.1, 0.15) is 22.6 Å². The van der Waals surface area contributed by atoms with Gasteiger partial charge in [-0.3, -0.25) is 19.7 Å². The van der Waals surface area contributed by atoms with Gasteiger partial charge in [0.15, 0.2) is 0 Å². The zero-order valence-electron chi connectivity index (χ0n) is 12.4. The quantitative estimate of drug-likeness (QED) is 0.410. The predicted molar refractivity (Wildman–Crippen MR) is 83.8 cm³/mol. The van der Waals surface area contributed by atoms with Gasteiger partial charge in [0.25, 0.3) is 16.8 Å². The molecular weight excluding hydrogens is 330 g/mol. The molecule has 1 aliphatic heterocycles. The van der Waals surface area contributed by atoms with Gasteiger partial charge in [0, 0.05) is 12.1 Å². The van der Waals surface area contributed by atoms with Crippen LogP contribution >= 0.6 is 0 Å². The van der Waals surface area contributed by atoms with Crippen LogP contribution in [0.3, 0.4) is 0 Å². The Morgan fingerprint density at radius 1 is 1.04 bits per heavy atom. The van der Waals surface area contributed by atoms with Gasteiger partial charge in [-0.15, -0.1) is 0 Å². The molecule has 0 fully saturated rings. The summed E-state index contributed by atoms with van der Waals surface area (Å²) in [5, 5.41) is 11.1. The summed E-state index contributed by atoms with van der Waals surface area (Å²) in [5.41, 5.74) is -0.599. The molecule has 10 heteroatoms. The van der Waals surface area contributed by atoms with Gasteiger partial charge in [-0.1, -0.05) is 12.1 Å². The monoisotopic (exact) mass is 339 g/mol. The Morgan fingerprint density at radius 3 is 2.20 bits per heavy atom. The number of rotatable bonds is 2. The average molecular weight is 339 g/mol. The van der Waals surface area contributed by atoms with Crippen LogP contribution in [0, 0.1) is 10.1 Å². The van der Waals surface area contributed by atoms with Gasteiger partial charge in [-0.25, -0.2) is 9.97 Å².